The number of hydrogen-bond donors (Lipinski definition) is 1. The van der Waals surface area contributed by atoms with Crippen LogP contribution < -0.4 is 0 Å². The average Bonchev–Trinajstić information content (AvgIpc) is 3.70. The van der Waals surface area contributed by atoms with Gasteiger partial charge in [0.1, 0.15) is 5.82 Å². The summed E-state index contributed by atoms with van der Waals surface area (Å²) in [5.74, 6) is 1.87. The molecule has 3 aromatic carbocycles. The van der Waals surface area contributed by atoms with Crippen LogP contribution in [0.4, 0.5) is 0 Å². The van der Waals surface area contributed by atoms with Gasteiger partial charge < -0.3 is 9.88 Å². The minimum Gasteiger partial charge on any atom is -0.341 e. The molecule has 1 saturated carbocycles. The first-order chi connectivity index (χ1) is 19.0. The van der Waals surface area contributed by atoms with Crippen molar-refractivity contribution in [2.45, 2.75) is 44.2 Å². The molecule has 4 aromatic rings. The van der Waals surface area contributed by atoms with Gasteiger partial charge in [-0.2, -0.15) is 5.26 Å². The van der Waals surface area contributed by atoms with Crippen LogP contribution in [-0.4, -0.2) is 45.9 Å². The van der Waals surface area contributed by atoms with Crippen molar-refractivity contribution in [2.75, 3.05) is 26.2 Å². The molecule has 3 aliphatic rings. The van der Waals surface area contributed by atoms with Crippen molar-refractivity contribution < 1.29 is 0 Å². The van der Waals surface area contributed by atoms with Gasteiger partial charge in [-0.05, 0) is 84.5 Å². The van der Waals surface area contributed by atoms with Crippen molar-refractivity contribution in [1.29, 1.82) is 5.26 Å². The molecule has 198 valence electrons. The Kier molecular flexibility index (Phi) is 6.40. The smallest absolute Gasteiger partial charge is 0.121 e. The molecule has 1 aromatic heterocycles. The van der Waals surface area contributed by atoms with E-state index in [2.05, 4.69) is 45.1 Å². The number of imidazole rings is 1. The number of benzene rings is 3. The van der Waals surface area contributed by atoms with Crippen molar-refractivity contribution in [2.24, 2.45) is 5.92 Å². The summed E-state index contributed by atoms with van der Waals surface area (Å²) < 4.78 is 0. The van der Waals surface area contributed by atoms with Crippen LogP contribution in [0.5, 0.6) is 0 Å². The van der Waals surface area contributed by atoms with Crippen LogP contribution in [0.1, 0.15) is 48.2 Å². The maximum atomic E-state index is 9.39. The monoisotopic (exact) mass is 555 g/mol. The Morgan fingerprint density at radius 3 is 2.56 bits per heavy atom. The number of nitrogens with one attached hydrogen (secondary N) is 1. The van der Waals surface area contributed by atoms with Crippen molar-refractivity contribution in [3.8, 4) is 17.2 Å². The van der Waals surface area contributed by atoms with Crippen LogP contribution in [0.25, 0.3) is 22.2 Å². The number of hydrogen-bond acceptors (Lipinski definition) is 4. The highest BCUT2D eigenvalue weighted by Crippen LogP contribution is 2.46. The normalized spacial score (nSPS) is 19.3. The molecule has 1 aliphatic carbocycles. The van der Waals surface area contributed by atoms with Gasteiger partial charge in [0.25, 0.3) is 0 Å². The Morgan fingerprint density at radius 1 is 0.974 bits per heavy atom. The summed E-state index contributed by atoms with van der Waals surface area (Å²) >= 11 is 12.6. The molecular formula is C32H31Cl2N5. The number of aromatic amines is 1. The van der Waals surface area contributed by atoms with Crippen LogP contribution in [0, 0.1) is 17.2 Å². The molecule has 0 bridgehead atoms. The van der Waals surface area contributed by atoms with Gasteiger partial charge in [0, 0.05) is 31.7 Å². The van der Waals surface area contributed by atoms with Crippen molar-refractivity contribution in [1.82, 2.24) is 19.8 Å². The van der Waals surface area contributed by atoms with Crippen molar-refractivity contribution >= 4 is 34.2 Å². The fourth-order valence-corrected chi connectivity index (χ4v) is 7.06. The van der Waals surface area contributed by atoms with Gasteiger partial charge in [0.2, 0.25) is 0 Å². The fourth-order valence-electron chi connectivity index (χ4n) is 6.74. The summed E-state index contributed by atoms with van der Waals surface area (Å²) in [6.45, 7) is 5.25. The molecule has 2 fully saturated rings. The van der Waals surface area contributed by atoms with Crippen molar-refractivity contribution in [3.05, 3.63) is 87.2 Å². The molecule has 1 N–H and O–H groups in total. The first-order valence-electron chi connectivity index (χ1n) is 14.0. The van der Waals surface area contributed by atoms with E-state index in [4.69, 9.17) is 28.2 Å². The van der Waals surface area contributed by atoms with Crippen LogP contribution >= 0.6 is 23.2 Å². The van der Waals surface area contributed by atoms with Crippen molar-refractivity contribution in [3.63, 3.8) is 0 Å². The van der Waals surface area contributed by atoms with E-state index in [-0.39, 0.29) is 5.54 Å². The highest BCUT2D eigenvalue weighted by Gasteiger charge is 2.45. The maximum absolute atomic E-state index is 9.39. The quantitative estimate of drug-likeness (QED) is 0.283. The van der Waals surface area contributed by atoms with E-state index in [0.717, 1.165) is 73.8 Å². The number of likely N-dealkylation sites (tertiary alicyclic amines) is 1. The molecular weight excluding hydrogens is 525 g/mol. The second-order valence-electron chi connectivity index (χ2n) is 11.5. The SMILES string of the molecule is N#Cc1cccc(-c2ccc3c(c2)CCN(Cc2nc4cc(Cl)c(Cl)cc4[nH]2)C32CCN(CC3CC3)CC2)c1. The average molecular weight is 557 g/mol. The van der Waals surface area contributed by atoms with E-state index in [1.54, 1.807) is 0 Å². The summed E-state index contributed by atoms with van der Waals surface area (Å²) in [4.78, 5) is 13.8. The number of nitriles is 1. The number of halogens is 2. The molecule has 1 spiro atoms. The first kappa shape index (κ1) is 25.1. The second-order valence-corrected chi connectivity index (χ2v) is 12.3. The van der Waals surface area contributed by atoms with E-state index in [1.165, 1.54) is 36.1 Å². The molecule has 2 aliphatic heterocycles. The molecule has 7 rings (SSSR count). The number of aromatic nitrogens is 2. The zero-order valence-corrected chi connectivity index (χ0v) is 23.4. The predicted molar refractivity (Wildman–Crippen MR) is 157 cm³/mol. The zero-order chi connectivity index (χ0) is 26.6. The summed E-state index contributed by atoms with van der Waals surface area (Å²) in [5, 5.41) is 10.5. The van der Waals surface area contributed by atoms with Gasteiger partial charge in [-0.3, -0.25) is 4.90 Å². The Labute approximate surface area is 239 Å². The van der Waals surface area contributed by atoms with E-state index in [9.17, 15) is 5.26 Å². The molecule has 0 amide bonds. The van der Waals surface area contributed by atoms with Gasteiger partial charge in [0.05, 0.1) is 39.3 Å². The maximum Gasteiger partial charge on any atom is 0.121 e. The summed E-state index contributed by atoms with van der Waals surface area (Å²) in [7, 11) is 0. The first-order valence-corrected chi connectivity index (χ1v) is 14.7. The Bertz CT molecular complexity index is 1550. The number of rotatable bonds is 5. The Morgan fingerprint density at radius 2 is 1.77 bits per heavy atom. The largest absolute Gasteiger partial charge is 0.341 e. The van der Waals surface area contributed by atoms with E-state index in [1.807, 2.05) is 30.3 Å². The van der Waals surface area contributed by atoms with E-state index in [0.29, 0.717) is 15.6 Å². The van der Waals surface area contributed by atoms with Crippen LogP contribution in [0.15, 0.2) is 54.6 Å². The standard InChI is InChI=1S/C32H31Cl2N5/c33-27-16-29-30(17-28(27)34)37-31(36-29)20-39-11-8-25-15-24(23-3-1-2-22(14-23)18-35)6-7-26(25)32(39)9-12-38(13-10-32)19-21-4-5-21/h1-3,6-7,14-17,21H,4-5,8-13,19-20H2,(H,36,37). The molecule has 1 saturated heterocycles. The number of nitrogens with zero attached hydrogens (tertiary/aromatic N) is 4. The lowest BCUT2D eigenvalue weighted by Gasteiger charge is -2.52. The summed E-state index contributed by atoms with van der Waals surface area (Å²) in [6, 6.07) is 20.9. The van der Waals surface area contributed by atoms with Crippen LogP contribution in [-0.2, 0) is 18.5 Å². The summed E-state index contributed by atoms with van der Waals surface area (Å²) in [5.41, 5.74) is 7.65. The molecule has 0 atom stereocenters. The minimum absolute atomic E-state index is 0.0189. The molecule has 0 radical (unpaired) electrons. The number of piperidine rings is 1. The molecule has 3 heterocycles. The van der Waals surface area contributed by atoms with Gasteiger partial charge in [0.15, 0.2) is 0 Å². The zero-order valence-electron chi connectivity index (χ0n) is 21.9. The number of H-pyrrole nitrogens is 1. The fraction of sp³-hybridized carbons (Fsp3) is 0.375. The van der Waals surface area contributed by atoms with Crippen LogP contribution in [0.3, 0.4) is 0 Å². The lowest BCUT2D eigenvalue weighted by molar-refractivity contribution is 0.000416. The third-order valence-electron chi connectivity index (χ3n) is 9.00. The third kappa shape index (κ3) is 4.74. The highest BCUT2D eigenvalue weighted by atomic mass is 35.5. The second kappa shape index (κ2) is 9.94. The van der Waals surface area contributed by atoms with Gasteiger partial charge >= 0.3 is 0 Å². The molecule has 5 nitrogen and oxygen atoms in total. The predicted octanol–water partition coefficient (Wildman–Crippen LogP) is 7.17. The highest BCUT2D eigenvalue weighted by molar-refractivity contribution is 6.42. The van der Waals surface area contributed by atoms with Gasteiger partial charge in [-0.25, -0.2) is 4.98 Å². The Hall–Kier alpha value is -2.88. The topological polar surface area (TPSA) is 59.0 Å². The van der Waals surface area contributed by atoms with E-state index >= 15 is 0 Å². The van der Waals surface area contributed by atoms with Crippen LogP contribution in [0.2, 0.25) is 10.0 Å². The lowest BCUT2D eigenvalue weighted by Crippen LogP contribution is -2.56. The minimum atomic E-state index is -0.0189. The molecule has 0 unspecified atom stereocenters. The number of fused-ring (bicyclic) bond motifs is 3. The molecule has 7 heteroatoms. The van der Waals surface area contributed by atoms with Gasteiger partial charge in [-0.15, -0.1) is 0 Å². The van der Waals surface area contributed by atoms with Gasteiger partial charge in [-0.1, -0.05) is 53.5 Å². The summed E-state index contributed by atoms with van der Waals surface area (Å²) in [6.07, 6.45) is 6.02. The molecule has 39 heavy (non-hydrogen) atoms. The third-order valence-corrected chi connectivity index (χ3v) is 9.72. The lowest BCUT2D eigenvalue weighted by atomic mass is 9.73. The Balaban J connectivity index is 1.23. The van der Waals surface area contributed by atoms with E-state index < -0.39 is 0 Å².